The first-order chi connectivity index (χ1) is 12.7. The van der Waals surface area contributed by atoms with Crippen LogP contribution in [0.2, 0.25) is 5.02 Å². The molecule has 130 valence electrons. The number of nitrogens with one attached hydrogen (secondary N) is 1. The Balaban J connectivity index is 2.17. The molecule has 1 atom stereocenters. The van der Waals surface area contributed by atoms with Crippen LogP contribution in [0, 0.1) is 12.3 Å². The third-order valence-corrected chi connectivity index (χ3v) is 4.20. The van der Waals surface area contributed by atoms with E-state index in [0.29, 0.717) is 22.3 Å². The first-order valence-electron chi connectivity index (χ1n) is 7.83. The van der Waals surface area contributed by atoms with Gasteiger partial charge in [0.25, 0.3) is 0 Å². The standard InChI is InChI=1S/C20H16ClN3O2/c1-3-18(25)24(15-9-10-17(26-2)16(21)13-15)19(20-22-11-12-23-20)14-7-5-4-6-8-14/h1,4-13,19H,2H3,(H,22,23). The van der Waals surface area contributed by atoms with Gasteiger partial charge in [-0.25, -0.2) is 4.98 Å². The number of aromatic amines is 1. The molecule has 0 saturated carbocycles. The number of amides is 1. The van der Waals surface area contributed by atoms with Crippen LogP contribution in [0.4, 0.5) is 5.69 Å². The van der Waals surface area contributed by atoms with Crippen molar-refractivity contribution in [2.75, 3.05) is 12.0 Å². The van der Waals surface area contributed by atoms with Crippen molar-refractivity contribution >= 4 is 23.2 Å². The largest absolute Gasteiger partial charge is 0.495 e. The number of halogens is 1. The van der Waals surface area contributed by atoms with E-state index in [1.54, 1.807) is 30.6 Å². The Labute approximate surface area is 156 Å². The van der Waals surface area contributed by atoms with E-state index in [1.807, 2.05) is 30.3 Å². The molecule has 2 aromatic carbocycles. The lowest BCUT2D eigenvalue weighted by Gasteiger charge is -2.29. The smallest absolute Gasteiger partial charge is 0.303 e. The molecule has 1 N–H and O–H groups in total. The summed E-state index contributed by atoms with van der Waals surface area (Å²) in [5.41, 5.74) is 1.40. The van der Waals surface area contributed by atoms with Crippen molar-refractivity contribution in [1.29, 1.82) is 0 Å². The molecule has 1 amide bonds. The number of benzene rings is 2. The maximum absolute atomic E-state index is 12.7. The number of aromatic nitrogens is 2. The zero-order valence-electron chi connectivity index (χ0n) is 14.0. The van der Waals surface area contributed by atoms with Gasteiger partial charge in [-0.3, -0.25) is 9.69 Å². The maximum Gasteiger partial charge on any atom is 0.303 e. The molecular formula is C20H16ClN3O2. The Kier molecular flexibility index (Phi) is 5.26. The summed E-state index contributed by atoms with van der Waals surface area (Å²) in [6.45, 7) is 0. The number of anilines is 1. The van der Waals surface area contributed by atoms with E-state index < -0.39 is 11.9 Å². The maximum atomic E-state index is 12.7. The van der Waals surface area contributed by atoms with E-state index in [-0.39, 0.29) is 0 Å². The highest BCUT2D eigenvalue weighted by Gasteiger charge is 2.29. The van der Waals surface area contributed by atoms with E-state index in [0.717, 1.165) is 5.56 Å². The van der Waals surface area contributed by atoms with Gasteiger partial charge in [-0.1, -0.05) is 41.9 Å². The normalized spacial score (nSPS) is 11.4. The Morgan fingerprint density at radius 2 is 2.08 bits per heavy atom. The minimum absolute atomic E-state index is 0.381. The summed E-state index contributed by atoms with van der Waals surface area (Å²) in [5, 5.41) is 0.381. The van der Waals surface area contributed by atoms with Gasteiger partial charge in [0.1, 0.15) is 17.6 Å². The highest BCUT2D eigenvalue weighted by atomic mass is 35.5. The Bertz CT molecular complexity index is 933. The van der Waals surface area contributed by atoms with E-state index in [4.69, 9.17) is 22.8 Å². The van der Waals surface area contributed by atoms with Gasteiger partial charge in [0.2, 0.25) is 0 Å². The number of ether oxygens (including phenoxy) is 1. The molecule has 3 rings (SSSR count). The van der Waals surface area contributed by atoms with Gasteiger partial charge >= 0.3 is 5.91 Å². The molecule has 0 saturated heterocycles. The second-order valence-electron chi connectivity index (χ2n) is 5.43. The SMILES string of the molecule is C#CC(=O)N(c1ccc(OC)c(Cl)c1)C(c1ccccc1)c1ncc[nH]1. The fourth-order valence-electron chi connectivity index (χ4n) is 2.75. The van der Waals surface area contributed by atoms with Crippen LogP contribution in [0.25, 0.3) is 0 Å². The number of imidazole rings is 1. The van der Waals surface area contributed by atoms with Crippen molar-refractivity contribution in [2.45, 2.75) is 6.04 Å². The number of terminal acetylenes is 1. The lowest BCUT2D eigenvalue weighted by Crippen LogP contribution is -2.35. The summed E-state index contributed by atoms with van der Waals surface area (Å²) < 4.78 is 5.19. The molecular weight excluding hydrogens is 350 g/mol. The van der Waals surface area contributed by atoms with Crippen LogP contribution in [0.15, 0.2) is 60.9 Å². The van der Waals surface area contributed by atoms with Crippen LogP contribution in [-0.4, -0.2) is 23.0 Å². The minimum atomic E-state index is -0.529. The lowest BCUT2D eigenvalue weighted by molar-refractivity contribution is -0.113. The number of methoxy groups -OCH3 is 1. The van der Waals surface area contributed by atoms with Gasteiger partial charge in [0, 0.05) is 18.1 Å². The van der Waals surface area contributed by atoms with E-state index in [9.17, 15) is 4.79 Å². The minimum Gasteiger partial charge on any atom is -0.495 e. The zero-order valence-corrected chi connectivity index (χ0v) is 14.8. The number of carbonyl (C=O) groups excluding carboxylic acids is 1. The Morgan fingerprint density at radius 1 is 1.31 bits per heavy atom. The summed E-state index contributed by atoms with van der Waals surface area (Å²) in [7, 11) is 1.53. The van der Waals surface area contributed by atoms with Crippen LogP contribution in [-0.2, 0) is 4.79 Å². The van der Waals surface area contributed by atoms with Crippen LogP contribution in [0.3, 0.4) is 0 Å². The summed E-state index contributed by atoms with van der Waals surface area (Å²) >= 11 is 6.26. The zero-order chi connectivity index (χ0) is 18.5. The van der Waals surface area contributed by atoms with Crippen molar-refractivity contribution < 1.29 is 9.53 Å². The fraction of sp³-hybridized carbons (Fsp3) is 0.100. The second-order valence-corrected chi connectivity index (χ2v) is 5.83. The second kappa shape index (κ2) is 7.77. The first kappa shape index (κ1) is 17.6. The van der Waals surface area contributed by atoms with Crippen molar-refractivity contribution in [2.24, 2.45) is 0 Å². The monoisotopic (exact) mass is 365 g/mol. The molecule has 26 heavy (non-hydrogen) atoms. The predicted octanol–water partition coefficient (Wildman–Crippen LogP) is 3.83. The molecule has 0 bridgehead atoms. The molecule has 0 spiro atoms. The molecule has 1 unspecified atom stereocenters. The molecule has 6 heteroatoms. The van der Waals surface area contributed by atoms with Crippen LogP contribution in [0.5, 0.6) is 5.75 Å². The number of nitrogens with zero attached hydrogens (tertiary/aromatic N) is 2. The van der Waals surface area contributed by atoms with Gasteiger partial charge in [0.15, 0.2) is 0 Å². The number of rotatable bonds is 5. The van der Waals surface area contributed by atoms with E-state index >= 15 is 0 Å². The Hall–Kier alpha value is -3.23. The van der Waals surface area contributed by atoms with Crippen molar-refractivity contribution in [3.63, 3.8) is 0 Å². The predicted molar refractivity (Wildman–Crippen MR) is 101 cm³/mol. The molecule has 0 aliphatic heterocycles. The summed E-state index contributed by atoms with van der Waals surface area (Å²) in [6.07, 6.45) is 8.77. The number of hydrogen-bond donors (Lipinski definition) is 1. The van der Waals surface area contributed by atoms with Crippen molar-refractivity contribution in [3.8, 4) is 18.1 Å². The number of carbonyl (C=O) groups is 1. The first-order valence-corrected chi connectivity index (χ1v) is 8.21. The van der Waals surface area contributed by atoms with Crippen molar-refractivity contribution in [3.05, 3.63) is 77.3 Å². The molecule has 5 nitrogen and oxygen atoms in total. The summed E-state index contributed by atoms with van der Waals surface area (Å²) in [5.74, 6) is 2.79. The van der Waals surface area contributed by atoms with E-state index in [1.165, 1.54) is 12.0 Å². The van der Waals surface area contributed by atoms with Gasteiger partial charge < -0.3 is 9.72 Å². The Morgan fingerprint density at radius 3 is 2.65 bits per heavy atom. The number of hydrogen-bond acceptors (Lipinski definition) is 3. The number of H-pyrrole nitrogens is 1. The van der Waals surface area contributed by atoms with Gasteiger partial charge in [-0.15, -0.1) is 6.42 Å². The summed E-state index contributed by atoms with van der Waals surface area (Å²) in [6, 6.07) is 14.1. The topological polar surface area (TPSA) is 58.2 Å². The quantitative estimate of drug-likeness (QED) is 0.699. The summed E-state index contributed by atoms with van der Waals surface area (Å²) in [4.78, 5) is 21.6. The average molecular weight is 366 g/mol. The highest BCUT2D eigenvalue weighted by molar-refractivity contribution is 6.32. The van der Waals surface area contributed by atoms with Crippen molar-refractivity contribution in [1.82, 2.24) is 9.97 Å². The molecule has 1 heterocycles. The van der Waals surface area contributed by atoms with Crippen LogP contribution in [0.1, 0.15) is 17.4 Å². The van der Waals surface area contributed by atoms with E-state index in [2.05, 4.69) is 15.9 Å². The van der Waals surface area contributed by atoms with Gasteiger partial charge in [-0.2, -0.15) is 0 Å². The van der Waals surface area contributed by atoms with Crippen LogP contribution >= 0.6 is 11.6 Å². The molecule has 0 aliphatic rings. The molecule has 0 aliphatic carbocycles. The van der Waals surface area contributed by atoms with Gasteiger partial charge in [-0.05, 0) is 29.7 Å². The highest BCUT2D eigenvalue weighted by Crippen LogP contribution is 2.35. The molecule has 3 aromatic rings. The van der Waals surface area contributed by atoms with Crippen LogP contribution < -0.4 is 9.64 Å². The molecule has 1 aromatic heterocycles. The third kappa shape index (κ3) is 3.41. The third-order valence-electron chi connectivity index (χ3n) is 3.91. The molecule has 0 radical (unpaired) electrons. The van der Waals surface area contributed by atoms with Gasteiger partial charge in [0.05, 0.1) is 12.1 Å². The lowest BCUT2D eigenvalue weighted by atomic mass is 10.0. The fourth-order valence-corrected chi connectivity index (χ4v) is 3.00. The average Bonchev–Trinajstić information content (AvgIpc) is 3.20. The molecule has 0 fully saturated rings.